The van der Waals surface area contributed by atoms with E-state index in [9.17, 15) is 4.79 Å². The third kappa shape index (κ3) is 3.37. The molecule has 0 amide bonds. The summed E-state index contributed by atoms with van der Waals surface area (Å²) in [6.45, 7) is 7.95. The topological polar surface area (TPSA) is 63.2 Å². The SMILES string of the molecule is COC(=O)Cc1cc(OC)c(B2OC(C)(C)C(C)(C)O2)cc1OC. The van der Waals surface area contributed by atoms with Crippen LogP contribution in [0.5, 0.6) is 11.5 Å². The van der Waals surface area contributed by atoms with Crippen molar-refractivity contribution in [2.75, 3.05) is 21.3 Å². The Morgan fingerprint density at radius 1 is 1.00 bits per heavy atom. The highest BCUT2D eigenvalue weighted by Crippen LogP contribution is 2.38. The van der Waals surface area contributed by atoms with Gasteiger partial charge in [0, 0.05) is 11.0 Å². The van der Waals surface area contributed by atoms with Gasteiger partial charge < -0.3 is 23.5 Å². The van der Waals surface area contributed by atoms with Crippen LogP contribution < -0.4 is 14.9 Å². The third-order valence-electron chi connectivity index (χ3n) is 4.70. The molecule has 1 aliphatic heterocycles. The van der Waals surface area contributed by atoms with Crippen LogP contribution in [0.1, 0.15) is 33.3 Å². The summed E-state index contributed by atoms with van der Waals surface area (Å²) in [4.78, 5) is 11.6. The summed E-state index contributed by atoms with van der Waals surface area (Å²) in [5.41, 5.74) is 0.490. The number of hydrogen-bond acceptors (Lipinski definition) is 6. The number of rotatable bonds is 5. The van der Waals surface area contributed by atoms with Gasteiger partial charge in [0.25, 0.3) is 0 Å². The average Bonchev–Trinajstić information content (AvgIpc) is 2.74. The van der Waals surface area contributed by atoms with E-state index in [0.29, 0.717) is 17.1 Å². The molecule has 0 aliphatic carbocycles. The largest absolute Gasteiger partial charge is 0.498 e. The van der Waals surface area contributed by atoms with Gasteiger partial charge in [-0.1, -0.05) is 0 Å². The van der Waals surface area contributed by atoms with E-state index in [1.165, 1.54) is 7.11 Å². The molecular weight excluding hydrogens is 311 g/mol. The number of ether oxygens (including phenoxy) is 3. The van der Waals surface area contributed by atoms with Crippen molar-refractivity contribution in [1.29, 1.82) is 0 Å². The molecule has 7 heteroatoms. The van der Waals surface area contributed by atoms with Crippen molar-refractivity contribution in [3.63, 3.8) is 0 Å². The fraction of sp³-hybridized carbons (Fsp3) is 0.588. The predicted octanol–water partition coefficient (Wildman–Crippen LogP) is 1.72. The lowest BCUT2D eigenvalue weighted by atomic mass is 9.77. The minimum atomic E-state index is -0.578. The molecule has 0 aromatic heterocycles. The fourth-order valence-corrected chi connectivity index (χ4v) is 2.50. The van der Waals surface area contributed by atoms with Crippen molar-refractivity contribution in [2.45, 2.75) is 45.3 Å². The first kappa shape index (κ1) is 18.6. The van der Waals surface area contributed by atoms with E-state index in [2.05, 4.69) is 0 Å². The zero-order chi connectivity index (χ0) is 18.1. The minimum Gasteiger partial charge on any atom is -0.497 e. The van der Waals surface area contributed by atoms with Crippen LogP contribution >= 0.6 is 0 Å². The average molecular weight is 336 g/mol. The normalized spacial score (nSPS) is 18.4. The fourth-order valence-electron chi connectivity index (χ4n) is 2.50. The molecule has 2 rings (SSSR count). The van der Waals surface area contributed by atoms with E-state index < -0.39 is 18.3 Å². The Kier molecular flexibility index (Phi) is 5.15. The lowest BCUT2D eigenvalue weighted by Gasteiger charge is -2.32. The van der Waals surface area contributed by atoms with Crippen molar-refractivity contribution in [3.8, 4) is 11.5 Å². The van der Waals surface area contributed by atoms with Crippen molar-refractivity contribution in [2.24, 2.45) is 0 Å². The van der Waals surface area contributed by atoms with Crippen molar-refractivity contribution in [3.05, 3.63) is 17.7 Å². The highest BCUT2D eigenvalue weighted by Gasteiger charge is 2.52. The Balaban J connectivity index is 2.43. The van der Waals surface area contributed by atoms with Crippen molar-refractivity contribution >= 4 is 18.6 Å². The number of methoxy groups -OCH3 is 3. The van der Waals surface area contributed by atoms with Gasteiger partial charge in [-0.25, -0.2) is 0 Å². The molecule has 0 bridgehead atoms. The number of esters is 1. The summed E-state index contributed by atoms with van der Waals surface area (Å²) >= 11 is 0. The molecule has 0 radical (unpaired) electrons. The number of hydrogen-bond donors (Lipinski definition) is 0. The standard InChI is InChI=1S/C17H25BO6/c1-16(2)17(3,4)24-18(23-16)12-10-13(20-5)11(8-14(12)21-6)9-15(19)22-7/h8,10H,9H2,1-7H3. The summed E-state index contributed by atoms with van der Waals surface area (Å²) in [6.07, 6.45) is 0.0969. The maximum absolute atomic E-state index is 11.6. The van der Waals surface area contributed by atoms with Gasteiger partial charge in [-0.05, 0) is 39.8 Å². The Bertz CT molecular complexity index is 610. The molecule has 0 saturated carbocycles. The Morgan fingerprint density at radius 3 is 2.00 bits per heavy atom. The van der Waals surface area contributed by atoms with Crippen LogP contribution in [-0.2, 0) is 25.3 Å². The molecule has 1 aromatic rings. The van der Waals surface area contributed by atoms with Crippen LogP contribution in [0.2, 0.25) is 0 Å². The summed E-state index contributed by atoms with van der Waals surface area (Å²) in [6, 6.07) is 3.55. The number of benzene rings is 1. The van der Waals surface area contributed by atoms with Gasteiger partial charge in [0.15, 0.2) is 0 Å². The van der Waals surface area contributed by atoms with Crippen LogP contribution in [0, 0.1) is 0 Å². The lowest BCUT2D eigenvalue weighted by molar-refractivity contribution is -0.139. The summed E-state index contributed by atoms with van der Waals surface area (Å²) < 4.78 is 27.8. The molecule has 1 fully saturated rings. The second kappa shape index (κ2) is 6.65. The van der Waals surface area contributed by atoms with Crippen LogP contribution in [0.15, 0.2) is 12.1 Å². The van der Waals surface area contributed by atoms with Crippen molar-refractivity contribution < 1.29 is 28.3 Å². The van der Waals surface area contributed by atoms with Gasteiger partial charge in [0.05, 0.1) is 39.0 Å². The van der Waals surface area contributed by atoms with E-state index in [1.54, 1.807) is 26.4 Å². The molecule has 0 atom stereocenters. The molecule has 1 heterocycles. The first-order valence-electron chi connectivity index (χ1n) is 7.82. The Hall–Kier alpha value is -1.73. The first-order chi connectivity index (χ1) is 11.1. The summed E-state index contributed by atoms with van der Waals surface area (Å²) in [7, 11) is 3.89. The maximum Gasteiger partial charge on any atom is 0.498 e. The zero-order valence-electron chi connectivity index (χ0n) is 15.4. The van der Waals surface area contributed by atoms with Crippen LogP contribution in [0.3, 0.4) is 0 Å². The molecule has 24 heavy (non-hydrogen) atoms. The molecule has 0 unspecified atom stereocenters. The minimum absolute atomic E-state index is 0.0969. The lowest BCUT2D eigenvalue weighted by Crippen LogP contribution is -2.41. The van der Waals surface area contributed by atoms with E-state index in [1.807, 2.05) is 27.7 Å². The molecular formula is C17H25BO6. The molecule has 1 aromatic carbocycles. The van der Waals surface area contributed by atoms with Crippen LogP contribution in [0.25, 0.3) is 0 Å². The third-order valence-corrected chi connectivity index (χ3v) is 4.70. The molecule has 6 nitrogen and oxygen atoms in total. The monoisotopic (exact) mass is 336 g/mol. The molecule has 0 N–H and O–H groups in total. The van der Waals surface area contributed by atoms with Crippen LogP contribution in [0.4, 0.5) is 0 Å². The van der Waals surface area contributed by atoms with Crippen LogP contribution in [-0.4, -0.2) is 45.6 Å². The first-order valence-corrected chi connectivity index (χ1v) is 7.82. The smallest absolute Gasteiger partial charge is 0.497 e. The molecule has 1 saturated heterocycles. The predicted molar refractivity (Wildman–Crippen MR) is 91.0 cm³/mol. The van der Waals surface area contributed by atoms with Gasteiger partial charge >= 0.3 is 13.1 Å². The van der Waals surface area contributed by atoms with Gasteiger partial charge in [-0.2, -0.15) is 0 Å². The number of carbonyl (C=O) groups excluding carboxylic acids is 1. The molecule has 0 spiro atoms. The van der Waals surface area contributed by atoms with Gasteiger partial charge in [-0.15, -0.1) is 0 Å². The van der Waals surface area contributed by atoms with E-state index in [4.69, 9.17) is 23.5 Å². The van der Waals surface area contributed by atoms with Crippen molar-refractivity contribution in [1.82, 2.24) is 0 Å². The molecule has 1 aliphatic rings. The van der Waals surface area contributed by atoms with E-state index >= 15 is 0 Å². The maximum atomic E-state index is 11.6. The highest BCUT2D eigenvalue weighted by atomic mass is 16.7. The van der Waals surface area contributed by atoms with Gasteiger partial charge in [-0.3, -0.25) is 4.79 Å². The Labute approximate surface area is 143 Å². The van der Waals surface area contributed by atoms with Gasteiger partial charge in [0.2, 0.25) is 0 Å². The zero-order valence-corrected chi connectivity index (χ0v) is 15.4. The molecule has 132 valence electrons. The second-order valence-electron chi connectivity index (χ2n) is 6.75. The van der Waals surface area contributed by atoms with E-state index in [-0.39, 0.29) is 12.4 Å². The highest BCUT2D eigenvalue weighted by molar-refractivity contribution is 6.63. The second-order valence-corrected chi connectivity index (χ2v) is 6.75. The summed E-state index contributed by atoms with van der Waals surface area (Å²) in [5, 5.41) is 0. The number of carbonyl (C=O) groups is 1. The summed E-state index contributed by atoms with van der Waals surface area (Å²) in [5.74, 6) is 0.790. The quantitative estimate of drug-likeness (QED) is 0.603. The van der Waals surface area contributed by atoms with Gasteiger partial charge in [0.1, 0.15) is 11.5 Å². The Morgan fingerprint density at radius 2 is 1.54 bits per heavy atom. The van der Waals surface area contributed by atoms with E-state index in [0.717, 1.165) is 5.46 Å².